The molecule has 1 aliphatic heterocycles. The molecule has 0 fully saturated rings. The van der Waals surface area contributed by atoms with Gasteiger partial charge in [-0.1, -0.05) is 18.7 Å². The summed E-state index contributed by atoms with van der Waals surface area (Å²) in [7, 11) is 0. The molecule has 2 rings (SSSR count). The van der Waals surface area contributed by atoms with Gasteiger partial charge >= 0.3 is 0 Å². The lowest BCUT2D eigenvalue weighted by molar-refractivity contribution is 1.48. The number of rotatable bonds is 0. The van der Waals surface area contributed by atoms with Gasteiger partial charge in [0.05, 0.1) is 5.69 Å². The van der Waals surface area contributed by atoms with Crippen LogP contribution in [0.15, 0.2) is 23.2 Å². The van der Waals surface area contributed by atoms with Gasteiger partial charge in [-0.05, 0) is 24.3 Å². The summed E-state index contributed by atoms with van der Waals surface area (Å²) >= 11 is 0. The van der Waals surface area contributed by atoms with Crippen LogP contribution in [0.4, 0.5) is 5.69 Å². The van der Waals surface area contributed by atoms with Crippen LogP contribution in [0.1, 0.15) is 6.92 Å². The molecule has 0 bridgehead atoms. The smallest absolute Gasteiger partial charge is 0.0711 e. The molecule has 1 heterocycles. The second-order valence-electron chi connectivity index (χ2n) is 2.79. The Morgan fingerprint density at radius 2 is 2.18 bits per heavy atom. The van der Waals surface area contributed by atoms with Crippen LogP contribution in [-0.4, -0.2) is 5.71 Å². The molecule has 0 saturated carbocycles. The molecule has 0 atom stereocenters. The van der Waals surface area contributed by atoms with Crippen molar-refractivity contribution in [2.75, 3.05) is 0 Å². The maximum absolute atomic E-state index is 4.33. The van der Waals surface area contributed by atoms with Gasteiger partial charge in [0.1, 0.15) is 0 Å². The molecule has 0 amide bonds. The van der Waals surface area contributed by atoms with E-state index in [1.165, 1.54) is 5.22 Å². The number of nitrogens with zero attached hydrogens (tertiary/aromatic N) is 1. The van der Waals surface area contributed by atoms with Crippen LogP contribution in [0, 0.1) is 0 Å². The van der Waals surface area contributed by atoms with Gasteiger partial charge in [0.15, 0.2) is 0 Å². The minimum absolute atomic E-state index is 1.02. The third-order valence-corrected chi connectivity index (χ3v) is 1.76. The summed E-state index contributed by atoms with van der Waals surface area (Å²) in [6, 6.07) is 6.06. The Morgan fingerprint density at radius 3 is 3.00 bits per heavy atom. The molecule has 0 unspecified atom stereocenters. The highest BCUT2D eigenvalue weighted by Crippen LogP contribution is 2.06. The van der Waals surface area contributed by atoms with E-state index in [-0.39, 0.29) is 0 Å². The van der Waals surface area contributed by atoms with E-state index in [0.717, 1.165) is 16.6 Å². The molecular formula is C10H9N. The number of hydrogen-bond donors (Lipinski definition) is 0. The number of hydrogen-bond acceptors (Lipinski definition) is 1. The van der Waals surface area contributed by atoms with E-state index in [0.29, 0.717) is 0 Å². The second-order valence-corrected chi connectivity index (χ2v) is 2.79. The summed E-state index contributed by atoms with van der Waals surface area (Å²) in [5.41, 5.74) is 2.13. The summed E-state index contributed by atoms with van der Waals surface area (Å²) < 4.78 is 0. The normalized spacial score (nSPS) is 13.7. The Hall–Kier alpha value is -1.37. The van der Waals surface area contributed by atoms with E-state index in [2.05, 4.69) is 23.7 Å². The molecule has 1 aromatic rings. The predicted octanol–water partition coefficient (Wildman–Crippen LogP) is 0.983. The van der Waals surface area contributed by atoms with Gasteiger partial charge in [-0.15, -0.1) is 0 Å². The Balaban J connectivity index is 2.81. The lowest BCUT2D eigenvalue weighted by Crippen LogP contribution is -2.04. The van der Waals surface area contributed by atoms with Crippen molar-refractivity contribution in [2.45, 2.75) is 6.92 Å². The molecule has 0 radical (unpaired) electrons. The standard InChI is InChI=1S/C10H9N/c1-7-3-4-9-6-8(2)11-10(9)5-7/h3-6H,1H2,2H3. The van der Waals surface area contributed by atoms with Gasteiger partial charge in [-0.3, -0.25) is 4.99 Å². The maximum atomic E-state index is 4.33. The lowest BCUT2D eigenvalue weighted by Gasteiger charge is -1.88. The van der Waals surface area contributed by atoms with Crippen LogP contribution >= 0.6 is 0 Å². The Kier molecular flexibility index (Phi) is 1.19. The van der Waals surface area contributed by atoms with E-state index < -0.39 is 0 Å². The molecule has 1 nitrogen and oxygen atoms in total. The highest BCUT2D eigenvalue weighted by molar-refractivity contribution is 6.12. The first-order valence-corrected chi connectivity index (χ1v) is 3.62. The van der Waals surface area contributed by atoms with Crippen molar-refractivity contribution in [3.05, 3.63) is 28.6 Å². The monoisotopic (exact) mass is 143 g/mol. The van der Waals surface area contributed by atoms with Gasteiger partial charge in [0.2, 0.25) is 0 Å². The first-order valence-electron chi connectivity index (χ1n) is 3.62. The zero-order chi connectivity index (χ0) is 7.84. The molecule has 0 saturated heterocycles. The van der Waals surface area contributed by atoms with Crippen LogP contribution in [-0.2, 0) is 0 Å². The number of fused-ring (bicyclic) bond motifs is 1. The quantitative estimate of drug-likeness (QED) is 0.513. The molecule has 0 aliphatic carbocycles. The fourth-order valence-electron chi connectivity index (χ4n) is 1.26. The third kappa shape index (κ3) is 0.984. The molecule has 0 spiro atoms. The minimum Gasteiger partial charge on any atom is -0.253 e. The van der Waals surface area contributed by atoms with Crippen LogP contribution in [0.25, 0.3) is 12.7 Å². The summed E-state index contributed by atoms with van der Waals surface area (Å²) in [5.74, 6) is 0. The van der Waals surface area contributed by atoms with Crippen molar-refractivity contribution in [2.24, 2.45) is 4.99 Å². The molecule has 1 aliphatic rings. The van der Waals surface area contributed by atoms with Crippen molar-refractivity contribution >= 4 is 24.1 Å². The van der Waals surface area contributed by atoms with Gasteiger partial charge in [-0.2, -0.15) is 0 Å². The fraction of sp³-hybridized carbons (Fsp3) is 0.100. The van der Waals surface area contributed by atoms with Crippen LogP contribution in [0.5, 0.6) is 0 Å². The summed E-state index contributed by atoms with van der Waals surface area (Å²) in [6.07, 6.45) is 2.08. The van der Waals surface area contributed by atoms with Crippen LogP contribution in [0.2, 0.25) is 0 Å². The summed E-state index contributed by atoms with van der Waals surface area (Å²) in [4.78, 5) is 4.33. The van der Waals surface area contributed by atoms with E-state index in [1.54, 1.807) is 0 Å². The van der Waals surface area contributed by atoms with Crippen molar-refractivity contribution in [1.82, 2.24) is 0 Å². The molecule has 54 valence electrons. The zero-order valence-electron chi connectivity index (χ0n) is 6.46. The van der Waals surface area contributed by atoms with Gasteiger partial charge in [0.25, 0.3) is 0 Å². The van der Waals surface area contributed by atoms with E-state index in [4.69, 9.17) is 0 Å². The second kappa shape index (κ2) is 2.06. The Morgan fingerprint density at radius 1 is 1.36 bits per heavy atom. The Bertz CT molecular complexity index is 427. The largest absolute Gasteiger partial charge is 0.253 e. The molecule has 1 aromatic carbocycles. The van der Waals surface area contributed by atoms with Crippen molar-refractivity contribution in [3.63, 3.8) is 0 Å². The number of benzene rings is 1. The SMILES string of the molecule is C=c1ccc2c(c1)N=C(C)C=2. The van der Waals surface area contributed by atoms with Gasteiger partial charge in [-0.25, -0.2) is 0 Å². The summed E-state index contributed by atoms with van der Waals surface area (Å²) in [5, 5.41) is 2.23. The molecule has 11 heavy (non-hydrogen) atoms. The van der Waals surface area contributed by atoms with Crippen LogP contribution in [0.3, 0.4) is 0 Å². The highest BCUT2D eigenvalue weighted by atomic mass is 14.8. The van der Waals surface area contributed by atoms with Gasteiger partial charge < -0.3 is 0 Å². The average Bonchev–Trinajstić information content (AvgIpc) is 2.27. The molecular weight excluding hydrogens is 134 g/mol. The first kappa shape index (κ1) is 6.35. The summed E-state index contributed by atoms with van der Waals surface area (Å²) in [6.45, 7) is 5.84. The van der Waals surface area contributed by atoms with E-state index in [1.807, 2.05) is 19.1 Å². The van der Waals surface area contributed by atoms with E-state index >= 15 is 0 Å². The molecule has 0 aromatic heterocycles. The lowest BCUT2D eigenvalue weighted by atomic mass is 10.2. The molecule has 1 heteroatoms. The third-order valence-electron chi connectivity index (χ3n) is 1.76. The van der Waals surface area contributed by atoms with Crippen molar-refractivity contribution in [1.29, 1.82) is 0 Å². The predicted molar refractivity (Wildman–Crippen MR) is 48.4 cm³/mol. The number of aliphatic imine (C=N–C) groups is 1. The van der Waals surface area contributed by atoms with Gasteiger partial charge in [0, 0.05) is 10.9 Å². The topological polar surface area (TPSA) is 12.4 Å². The van der Waals surface area contributed by atoms with Crippen molar-refractivity contribution < 1.29 is 0 Å². The minimum atomic E-state index is 1.02. The zero-order valence-corrected chi connectivity index (χ0v) is 6.46. The maximum Gasteiger partial charge on any atom is 0.0711 e. The first-order chi connectivity index (χ1) is 5.25. The fourth-order valence-corrected chi connectivity index (χ4v) is 1.26. The Labute approximate surface area is 65.4 Å². The molecule has 0 N–H and O–H groups in total. The average molecular weight is 143 g/mol. The van der Waals surface area contributed by atoms with Crippen molar-refractivity contribution in [3.8, 4) is 0 Å². The van der Waals surface area contributed by atoms with E-state index in [9.17, 15) is 0 Å². The van der Waals surface area contributed by atoms with Crippen LogP contribution < -0.4 is 10.4 Å². The highest BCUT2D eigenvalue weighted by Gasteiger charge is 1.99.